The Kier molecular flexibility index (Phi) is 4.08. The lowest BCUT2D eigenvalue weighted by molar-refractivity contribution is -0.114. The third-order valence-electron chi connectivity index (χ3n) is 2.39. The van der Waals surface area contributed by atoms with Crippen molar-refractivity contribution in [2.45, 2.75) is 18.7 Å². The van der Waals surface area contributed by atoms with E-state index in [9.17, 15) is 13.6 Å². The molecule has 0 saturated carbocycles. The Hall–Kier alpha value is -1.57. The molecule has 2 rings (SSSR count). The number of anilines is 1. The number of nitrogens with zero attached hydrogens (tertiary/aromatic N) is 1. The van der Waals surface area contributed by atoms with Gasteiger partial charge in [0, 0.05) is 11.8 Å². The van der Waals surface area contributed by atoms with Crippen molar-refractivity contribution in [3.05, 3.63) is 30.0 Å². The molecular formula is C12H11N2O3S2-. The van der Waals surface area contributed by atoms with Crippen LogP contribution in [-0.4, -0.2) is 19.7 Å². The molecule has 0 aliphatic heterocycles. The Bertz CT molecular complexity index is 635. The molecule has 0 fully saturated rings. The number of carbonyl (C=O) groups excluding carboxylic acids is 1. The minimum absolute atomic E-state index is 0.169. The summed E-state index contributed by atoms with van der Waals surface area (Å²) in [5.41, 5.74) is 1.67. The molecule has 0 saturated heterocycles. The fourth-order valence-electron chi connectivity index (χ4n) is 1.59. The summed E-state index contributed by atoms with van der Waals surface area (Å²) in [6, 6.07) is 6.53. The zero-order chi connectivity index (χ0) is 14.0. The van der Waals surface area contributed by atoms with E-state index < -0.39 is 11.1 Å². The van der Waals surface area contributed by atoms with Crippen LogP contribution in [0.1, 0.15) is 12.6 Å². The summed E-state index contributed by atoms with van der Waals surface area (Å²) in [5, 5.41) is 3.17. The third-order valence-corrected chi connectivity index (χ3v) is 4.17. The number of nitrogens with one attached hydrogen (secondary N) is 1. The number of aromatic nitrogens is 1. The fourth-order valence-corrected chi connectivity index (χ4v) is 2.96. The molecule has 0 aliphatic carbocycles. The van der Waals surface area contributed by atoms with Crippen LogP contribution in [0, 0.1) is 6.92 Å². The van der Waals surface area contributed by atoms with Crippen LogP contribution in [0.3, 0.4) is 0 Å². The van der Waals surface area contributed by atoms with Crippen molar-refractivity contribution in [1.29, 1.82) is 0 Å². The van der Waals surface area contributed by atoms with Crippen molar-refractivity contribution in [1.82, 2.24) is 4.98 Å². The second-order valence-corrected chi connectivity index (χ2v) is 5.81. The van der Waals surface area contributed by atoms with Gasteiger partial charge in [0.05, 0.1) is 10.6 Å². The molecule has 1 heterocycles. The highest BCUT2D eigenvalue weighted by molar-refractivity contribution is 7.79. The van der Waals surface area contributed by atoms with Crippen LogP contribution < -0.4 is 5.32 Å². The predicted octanol–water partition coefficient (Wildman–Crippen LogP) is 2.31. The van der Waals surface area contributed by atoms with Crippen molar-refractivity contribution in [3.63, 3.8) is 0 Å². The number of rotatable bonds is 3. The van der Waals surface area contributed by atoms with Gasteiger partial charge in [-0.05, 0) is 35.7 Å². The van der Waals surface area contributed by atoms with E-state index in [1.807, 2.05) is 6.92 Å². The number of thiazole rings is 1. The smallest absolute Gasteiger partial charge is 0.223 e. The highest BCUT2D eigenvalue weighted by Gasteiger charge is 2.10. The number of carbonyl (C=O) groups is 1. The van der Waals surface area contributed by atoms with E-state index in [1.54, 1.807) is 12.1 Å². The van der Waals surface area contributed by atoms with E-state index in [2.05, 4.69) is 10.3 Å². The molecule has 2 aromatic rings. The van der Waals surface area contributed by atoms with Crippen molar-refractivity contribution in [3.8, 4) is 10.4 Å². The van der Waals surface area contributed by atoms with Crippen molar-refractivity contribution in [2.75, 3.05) is 5.32 Å². The molecule has 19 heavy (non-hydrogen) atoms. The fraction of sp³-hybridized carbons (Fsp3) is 0.167. The van der Waals surface area contributed by atoms with E-state index in [4.69, 9.17) is 0 Å². The lowest BCUT2D eigenvalue weighted by atomic mass is 10.2. The van der Waals surface area contributed by atoms with Gasteiger partial charge in [-0.25, -0.2) is 4.98 Å². The maximum atomic E-state index is 11.0. The van der Waals surface area contributed by atoms with Crippen LogP contribution in [0.4, 0.5) is 5.13 Å². The van der Waals surface area contributed by atoms with Gasteiger partial charge in [0.25, 0.3) is 0 Å². The average molecular weight is 295 g/mol. The molecule has 0 spiro atoms. The van der Waals surface area contributed by atoms with Gasteiger partial charge in [0.15, 0.2) is 5.13 Å². The zero-order valence-corrected chi connectivity index (χ0v) is 11.9. The van der Waals surface area contributed by atoms with Crippen LogP contribution in [0.5, 0.6) is 0 Å². The number of aryl methyl sites for hydroxylation is 1. The maximum Gasteiger partial charge on any atom is 0.223 e. The van der Waals surface area contributed by atoms with Gasteiger partial charge in [-0.2, -0.15) is 0 Å². The summed E-state index contributed by atoms with van der Waals surface area (Å²) in [5.74, 6) is -0.169. The van der Waals surface area contributed by atoms with Gasteiger partial charge < -0.3 is 9.87 Å². The second kappa shape index (κ2) is 5.60. The first-order valence-corrected chi connectivity index (χ1v) is 7.31. The highest BCUT2D eigenvalue weighted by atomic mass is 32.2. The molecule has 5 nitrogen and oxygen atoms in total. The van der Waals surface area contributed by atoms with Crippen LogP contribution in [0.2, 0.25) is 0 Å². The van der Waals surface area contributed by atoms with Crippen LogP contribution in [0.15, 0.2) is 29.2 Å². The second-order valence-electron chi connectivity index (χ2n) is 3.87. The predicted molar refractivity (Wildman–Crippen MR) is 73.8 cm³/mol. The largest absolute Gasteiger partial charge is 0.768 e. The Balaban J connectivity index is 2.33. The van der Waals surface area contributed by atoms with Gasteiger partial charge in [0.2, 0.25) is 5.91 Å². The van der Waals surface area contributed by atoms with Crippen molar-refractivity contribution in [2.24, 2.45) is 0 Å². The molecule has 0 bridgehead atoms. The van der Waals surface area contributed by atoms with Gasteiger partial charge >= 0.3 is 0 Å². The summed E-state index contributed by atoms with van der Waals surface area (Å²) < 4.78 is 21.6. The molecule has 1 N–H and O–H groups in total. The first-order chi connectivity index (χ1) is 8.97. The van der Waals surface area contributed by atoms with E-state index in [-0.39, 0.29) is 10.8 Å². The van der Waals surface area contributed by atoms with Crippen molar-refractivity contribution < 1.29 is 13.6 Å². The highest BCUT2D eigenvalue weighted by Crippen LogP contribution is 2.32. The quantitative estimate of drug-likeness (QED) is 0.881. The Morgan fingerprint density at radius 2 is 2.00 bits per heavy atom. The SMILES string of the molecule is CC(=O)Nc1nc(C)c(-c2ccc(S(=O)[O-])cc2)s1. The van der Waals surface area contributed by atoms with E-state index in [0.29, 0.717) is 5.13 Å². The summed E-state index contributed by atoms with van der Waals surface area (Å²) in [4.78, 5) is 16.4. The molecule has 1 unspecified atom stereocenters. The number of amides is 1. The summed E-state index contributed by atoms with van der Waals surface area (Å²) in [6.45, 7) is 3.27. The van der Waals surface area contributed by atoms with Crippen LogP contribution >= 0.6 is 11.3 Å². The van der Waals surface area contributed by atoms with Gasteiger partial charge in [-0.3, -0.25) is 9.00 Å². The van der Waals surface area contributed by atoms with Crippen LogP contribution in [0.25, 0.3) is 10.4 Å². The molecule has 7 heteroatoms. The molecule has 0 aliphatic rings. The van der Waals surface area contributed by atoms with Crippen molar-refractivity contribution >= 4 is 33.5 Å². The maximum absolute atomic E-state index is 11.0. The van der Waals surface area contributed by atoms with Gasteiger partial charge in [0.1, 0.15) is 0 Å². The lowest BCUT2D eigenvalue weighted by Crippen LogP contribution is -2.04. The summed E-state index contributed by atoms with van der Waals surface area (Å²) >= 11 is -0.863. The van der Waals surface area contributed by atoms with Gasteiger partial charge in [-0.15, -0.1) is 0 Å². The topological polar surface area (TPSA) is 82.1 Å². The van der Waals surface area contributed by atoms with E-state index >= 15 is 0 Å². The monoisotopic (exact) mass is 295 g/mol. The third kappa shape index (κ3) is 3.25. The molecule has 1 aromatic heterocycles. The number of benzene rings is 1. The van der Waals surface area contributed by atoms with E-state index in [0.717, 1.165) is 16.1 Å². The molecule has 1 atom stereocenters. The molecule has 1 aromatic carbocycles. The Morgan fingerprint density at radius 3 is 2.53 bits per heavy atom. The molecule has 0 radical (unpaired) electrons. The normalized spacial score (nSPS) is 12.2. The standard InChI is InChI=1S/C12H12N2O3S2/c1-7-11(18-12(13-7)14-8(2)15)9-3-5-10(6-4-9)19(16)17/h3-6H,1-2H3,(H,16,17)(H,13,14,15)/p-1. The lowest BCUT2D eigenvalue weighted by Gasteiger charge is -2.05. The summed E-state index contributed by atoms with van der Waals surface area (Å²) in [7, 11) is 0. The minimum Gasteiger partial charge on any atom is -0.768 e. The average Bonchev–Trinajstić information content (AvgIpc) is 2.69. The first kappa shape index (κ1) is 13.9. The molecule has 100 valence electrons. The molecular weight excluding hydrogens is 284 g/mol. The number of hydrogen-bond donors (Lipinski definition) is 1. The van der Waals surface area contributed by atoms with Gasteiger partial charge in [-0.1, -0.05) is 23.5 Å². The first-order valence-electron chi connectivity index (χ1n) is 5.42. The zero-order valence-electron chi connectivity index (χ0n) is 10.3. The minimum atomic E-state index is -2.22. The van der Waals surface area contributed by atoms with E-state index in [1.165, 1.54) is 30.4 Å². The Morgan fingerprint density at radius 1 is 1.37 bits per heavy atom. The molecule has 1 amide bonds. The number of hydrogen-bond acceptors (Lipinski definition) is 5. The summed E-state index contributed by atoms with van der Waals surface area (Å²) in [6.07, 6.45) is 0. The van der Waals surface area contributed by atoms with Crippen LogP contribution in [-0.2, 0) is 15.9 Å². The Labute approximate surface area is 117 Å².